The Kier molecular flexibility index (Phi) is 4.39. The summed E-state index contributed by atoms with van der Waals surface area (Å²) in [7, 11) is 0. The summed E-state index contributed by atoms with van der Waals surface area (Å²) in [6.07, 6.45) is 1.84. The quantitative estimate of drug-likeness (QED) is 0.837. The molecule has 2 aromatic rings. The van der Waals surface area contributed by atoms with E-state index in [1.54, 1.807) is 12.3 Å². The molecule has 1 aliphatic heterocycles. The lowest BCUT2D eigenvalue weighted by Crippen LogP contribution is -2.42. The second kappa shape index (κ2) is 6.48. The van der Waals surface area contributed by atoms with Crippen LogP contribution in [-0.2, 0) is 4.79 Å². The molecule has 0 radical (unpaired) electrons. The molecule has 0 aliphatic carbocycles. The average Bonchev–Trinajstić information content (AvgIpc) is 2.89. The van der Waals surface area contributed by atoms with Crippen LogP contribution in [0.15, 0.2) is 36.5 Å². The van der Waals surface area contributed by atoms with Gasteiger partial charge in [0.15, 0.2) is 0 Å². The van der Waals surface area contributed by atoms with Gasteiger partial charge >= 0.3 is 0 Å². The smallest absolute Gasteiger partial charge is 0.254 e. The van der Waals surface area contributed by atoms with Crippen molar-refractivity contribution in [2.24, 2.45) is 0 Å². The number of nitrogens with one attached hydrogen (secondary N) is 2. The van der Waals surface area contributed by atoms with Crippen LogP contribution in [0.1, 0.15) is 16.8 Å². The number of amides is 2. The van der Waals surface area contributed by atoms with Crippen molar-refractivity contribution >= 4 is 29.7 Å². The van der Waals surface area contributed by atoms with Crippen LogP contribution in [0.2, 0.25) is 0 Å². The molecule has 8 heteroatoms. The summed E-state index contributed by atoms with van der Waals surface area (Å²) >= 11 is 5.02. The van der Waals surface area contributed by atoms with Crippen molar-refractivity contribution in [3.05, 3.63) is 58.4 Å². The first-order valence-corrected chi connectivity index (χ1v) is 7.64. The van der Waals surface area contributed by atoms with Crippen molar-refractivity contribution in [2.45, 2.75) is 12.5 Å². The Balaban J connectivity index is 1.79. The molecule has 1 aromatic heterocycles. The van der Waals surface area contributed by atoms with E-state index in [2.05, 4.69) is 10.3 Å². The zero-order valence-electron chi connectivity index (χ0n) is 12.4. The summed E-state index contributed by atoms with van der Waals surface area (Å²) in [6.45, 7) is 0.114. The van der Waals surface area contributed by atoms with Crippen LogP contribution >= 0.6 is 12.2 Å². The van der Waals surface area contributed by atoms with Gasteiger partial charge in [-0.1, -0.05) is 18.3 Å². The molecule has 2 N–H and O–H groups in total. The van der Waals surface area contributed by atoms with Crippen LogP contribution in [0.4, 0.5) is 14.5 Å². The maximum absolute atomic E-state index is 13.8. The number of hydrogen-bond acceptors (Lipinski definition) is 3. The maximum atomic E-state index is 13.8. The minimum Gasteiger partial charge on any atom is -0.352 e. The third-order valence-electron chi connectivity index (χ3n) is 3.78. The molecule has 124 valence electrons. The van der Waals surface area contributed by atoms with E-state index in [0.717, 1.165) is 17.0 Å². The Hall–Kier alpha value is -2.61. The first-order valence-electron chi connectivity index (χ1n) is 7.23. The fraction of sp³-hybridized carbons (Fsp3) is 0.188. The third kappa shape index (κ3) is 2.92. The summed E-state index contributed by atoms with van der Waals surface area (Å²) in [5.74, 6) is -2.70. The topological polar surface area (TPSA) is 65.2 Å². The number of carbonyl (C=O) groups excluding carboxylic acids is 2. The molecule has 2 heterocycles. The van der Waals surface area contributed by atoms with Gasteiger partial charge in [-0.25, -0.2) is 8.78 Å². The third-order valence-corrected chi connectivity index (χ3v) is 4.12. The SMILES string of the molecule is O=C(N[C@H]1CCN(c2c(F)cccc2F)C1=O)c1ccc[nH]c1=S. The summed E-state index contributed by atoms with van der Waals surface area (Å²) < 4.78 is 27.9. The fourth-order valence-corrected chi connectivity index (χ4v) is 2.85. The summed E-state index contributed by atoms with van der Waals surface area (Å²) in [6, 6.07) is 5.68. The lowest BCUT2D eigenvalue weighted by Gasteiger charge is -2.18. The zero-order chi connectivity index (χ0) is 17.3. The number of nitrogens with zero attached hydrogens (tertiary/aromatic N) is 1. The van der Waals surface area contributed by atoms with E-state index in [9.17, 15) is 18.4 Å². The van der Waals surface area contributed by atoms with E-state index in [0.29, 0.717) is 0 Å². The minimum absolute atomic E-state index is 0.114. The Morgan fingerprint density at radius 1 is 1.25 bits per heavy atom. The van der Waals surface area contributed by atoms with Crippen molar-refractivity contribution < 1.29 is 18.4 Å². The highest BCUT2D eigenvalue weighted by molar-refractivity contribution is 7.71. The molecule has 1 fully saturated rings. The minimum atomic E-state index is -0.855. The van der Waals surface area contributed by atoms with E-state index in [4.69, 9.17) is 12.2 Å². The molecule has 1 aromatic carbocycles. The van der Waals surface area contributed by atoms with Gasteiger partial charge in [-0.2, -0.15) is 0 Å². The normalized spacial score (nSPS) is 17.2. The first-order chi connectivity index (χ1) is 11.5. The van der Waals surface area contributed by atoms with Crippen LogP contribution < -0.4 is 10.2 Å². The predicted octanol–water partition coefficient (Wildman–Crippen LogP) is 2.56. The number of aromatic nitrogens is 1. The molecular formula is C16H13F2N3O2S. The van der Waals surface area contributed by atoms with Gasteiger partial charge in [0, 0.05) is 12.7 Å². The van der Waals surface area contributed by atoms with Gasteiger partial charge in [-0.05, 0) is 30.7 Å². The zero-order valence-corrected chi connectivity index (χ0v) is 13.2. The predicted molar refractivity (Wildman–Crippen MR) is 86.2 cm³/mol. The highest BCUT2D eigenvalue weighted by Crippen LogP contribution is 2.27. The van der Waals surface area contributed by atoms with Gasteiger partial charge in [0.1, 0.15) is 28.0 Å². The second-order valence-corrected chi connectivity index (χ2v) is 5.70. The molecule has 1 atom stereocenters. The van der Waals surface area contributed by atoms with Crippen LogP contribution in [0.25, 0.3) is 0 Å². The Bertz CT molecular complexity index is 848. The standard InChI is InChI=1S/C16H13F2N3O2S/c17-10-4-1-5-11(18)13(10)21-8-6-12(16(21)23)20-14(22)9-3-2-7-19-15(9)24/h1-5,7,12H,6,8H2,(H,19,24)(H,20,22)/t12-/m0/s1. The molecule has 0 unspecified atom stereocenters. The number of carbonyl (C=O) groups is 2. The number of aromatic amines is 1. The molecule has 2 amide bonds. The number of rotatable bonds is 3. The molecule has 0 saturated carbocycles. The lowest BCUT2D eigenvalue weighted by atomic mass is 10.2. The molecule has 24 heavy (non-hydrogen) atoms. The van der Waals surface area contributed by atoms with Crippen LogP contribution in [-0.4, -0.2) is 29.4 Å². The van der Waals surface area contributed by atoms with Crippen molar-refractivity contribution in [2.75, 3.05) is 11.4 Å². The molecule has 0 spiro atoms. The van der Waals surface area contributed by atoms with E-state index in [1.807, 2.05) is 0 Å². The average molecular weight is 349 g/mol. The number of H-pyrrole nitrogens is 1. The number of anilines is 1. The number of benzene rings is 1. The molecule has 1 aliphatic rings. The number of para-hydroxylation sites is 1. The van der Waals surface area contributed by atoms with Crippen molar-refractivity contribution in [3.63, 3.8) is 0 Å². The highest BCUT2D eigenvalue weighted by Gasteiger charge is 2.36. The van der Waals surface area contributed by atoms with Crippen molar-refractivity contribution in [3.8, 4) is 0 Å². The van der Waals surface area contributed by atoms with Crippen LogP contribution in [0, 0.1) is 16.3 Å². The maximum Gasteiger partial charge on any atom is 0.254 e. The summed E-state index contributed by atoms with van der Waals surface area (Å²) in [5, 5.41) is 2.56. The van der Waals surface area contributed by atoms with Gasteiger partial charge in [-0.3, -0.25) is 9.59 Å². The van der Waals surface area contributed by atoms with Gasteiger partial charge in [0.25, 0.3) is 5.91 Å². The molecular weight excluding hydrogens is 336 g/mol. The van der Waals surface area contributed by atoms with Gasteiger partial charge in [0.05, 0.1) is 5.56 Å². The lowest BCUT2D eigenvalue weighted by molar-refractivity contribution is -0.118. The van der Waals surface area contributed by atoms with E-state index >= 15 is 0 Å². The monoisotopic (exact) mass is 349 g/mol. The van der Waals surface area contributed by atoms with Gasteiger partial charge in [-0.15, -0.1) is 0 Å². The van der Waals surface area contributed by atoms with E-state index in [1.165, 1.54) is 12.1 Å². The Morgan fingerprint density at radius 3 is 2.62 bits per heavy atom. The summed E-state index contributed by atoms with van der Waals surface area (Å²) in [4.78, 5) is 28.4. The largest absolute Gasteiger partial charge is 0.352 e. The molecule has 3 rings (SSSR count). The number of halogens is 2. The van der Waals surface area contributed by atoms with Gasteiger partial charge in [0.2, 0.25) is 5.91 Å². The Morgan fingerprint density at radius 2 is 1.96 bits per heavy atom. The van der Waals surface area contributed by atoms with Crippen molar-refractivity contribution in [1.29, 1.82) is 0 Å². The highest BCUT2D eigenvalue weighted by atomic mass is 32.1. The van der Waals surface area contributed by atoms with Crippen molar-refractivity contribution in [1.82, 2.24) is 10.3 Å². The first kappa shape index (κ1) is 16.3. The van der Waals surface area contributed by atoms with E-state index < -0.39 is 35.2 Å². The molecule has 5 nitrogen and oxygen atoms in total. The fourth-order valence-electron chi connectivity index (χ4n) is 2.62. The van der Waals surface area contributed by atoms with Crippen LogP contribution in [0.5, 0.6) is 0 Å². The Labute approximate surface area is 141 Å². The molecule has 0 bridgehead atoms. The second-order valence-electron chi connectivity index (χ2n) is 5.29. The van der Waals surface area contributed by atoms with E-state index in [-0.39, 0.29) is 23.2 Å². The van der Waals surface area contributed by atoms with Crippen LogP contribution in [0.3, 0.4) is 0 Å². The summed E-state index contributed by atoms with van der Waals surface area (Å²) in [5.41, 5.74) is -0.160. The van der Waals surface area contributed by atoms with Gasteiger partial charge < -0.3 is 15.2 Å². The number of hydrogen-bond donors (Lipinski definition) is 2. The number of pyridine rings is 1. The molecule has 1 saturated heterocycles.